The van der Waals surface area contributed by atoms with E-state index in [2.05, 4.69) is 24.5 Å². The van der Waals surface area contributed by atoms with Gasteiger partial charge in [-0.25, -0.2) is 0 Å². The highest BCUT2D eigenvalue weighted by Gasteiger charge is 2.34. The van der Waals surface area contributed by atoms with E-state index in [1.807, 2.05) is 0 Å². The number of carbonyl (C=O) groups is 3. The van der Waals surface area contributed by atoms with E-state index in [1.54, 1.807) is 29.2 Å². The fourth-order valence-corrected chi connectivity index (χ4v) is 2.69. The van der Waals surface area contributed by atoms with Crippen LogP contribution in [0.25, 0.3) is 0 Å². The lowest BCUT2D eigenvalue weighted by molar-refractivity contribution is -0.126. The molecule has 1 saturated heterocycles. The summed E-state index contributed by atoms with van der Waals surface area (Å²) in [7, 11) is 0. The normalized spacial score (nSPS) is 17.2. The predicted molar refractivity (Wildman–Crippen MR) is 93.7 cm³/mol. The average Bonchev–Trinajstić information content (AvgIpc) is 2.89. The molecule has 6 nitrogen and oxygen atoms in total. The van der Waals surface area contributed by atoms with Crippen LogP contribution < -0.4 is 15.5 Å². The second-order valence-electron chi connectivity index (χ2n) is 6.61. The molecule has 1 heterocycles. The average molecular weight is 331 g/mol. The third-order valence-corrected chi connectivity index (χ3v) is 4.02. The van der Waals surface area contributed by atoms with Gasteiger partial charge in [-0.1, -0.05) is 13.8 Å². The topological polar surface area (TPSA) is 78.5 Å². The van der Waals surface area contributed by atoms with Crippen LogP contribution >= 0.6 is 0 Å². The largest absolute Gasteiger partial charge is 0.356 e. The zero-order valence-electron chi connectivity index (χ0n) is 14.5. The summed E-state index contributed by atoms with van der Waals surface area (Å²) in [5.74, 6) is -0.0143. The van der Waals surface area contributed by atoms with Gasteiger partial charge in [-0.3, -0.25) is 14.4 Å². The van der Waals surface area contributed by atoms with Crippen molar-refractivity contribution < 1.29 is 14.4 Å². The highest BCUT2D eigenvalue weighted by atomic mass is 16.2. The van der Waals surface area contributed by atoms with Gasteiger partial charge in [-0.05, 0) is 36.6 Å². The third-order valence-electron chi connectivity index (χ3n) is 4.02. The zero-order valence-corrected chi connectivity index (χ0v) is 14.5. The van der Waals surface area contributed by atoms with Crippen molar-refractivity contribution in [3.63, 3.8) is 0 Å². The third kappa shape index (κ3) is 4.81. The number of hydrogen-bond donors (Lipinski definition) is 2. The summed E-state index contributed by atoms with van der Waals surface area (Å²) in [5.41, 5.74) is 1.42. The lowest BCUT2D eigenvalue weighted by atomic mass is 10.1. The molecule has 24 heavy (non-hydrogen) atoms. The molecule has 1 aliphatic heterocycles. The second kappa shape index (κ2) is 7.95. The van der Waals surface area contributed by atoms with Gasteiger partial charge in [0.1, 0.15) is 0 Å². The molecule has 0 bridgehead atoms. The molecule has 0 unspecified atom stereocenters. The van der Waals surface area contributed by atoms with Crippen LogP contribution in [0, 0.1) is 11.8 Å². The van der Waals surface area contributed by atoms with Crippen molar-refractivity contribution in [1.82, 2.24) is 5.32 Å². The summed E-state index contributed by atoms with van der Waals surface area (Å²) in [5, 5.41) is 5.60. The molecule has 1 fully saturated rings. The molecule has 1 atom stereocenters. The van der Waals surface area contributed by atoms with Gasteiger partial charge in [0, 0.05) is 37.8 Å². The minimum Gasteiger partial charge on any atom is -0.356 e. The molecule has 0 radical (unpaired) electrons. The Balaban J connectivity index is 1.94. The number of anilines is 2. The molecule has 0 aromatic heterocycles. The maximum absolute atomic E-state index is 12.2. The van der Waals surface area contributed by atoms with Crippen LogP contribution in [-0.2, 0) is 14.4 Å². The lowest BCUT2D eigenvalue weighted by Gasteiger charge is -2.17. The minimum atomic E-state index is -0.306. The molecular formula is C18H25N3O3. The summed E-state index contributed by atoms with van der Waals surface area (Å²) < 4.78 is 0. The van der Waals surface area contributed by atoms with Gasteiger partial charge in [0.05, 0.1) is 5.92 Å². The van der Waals surface area contributed by atoms with Gasteiger partial charge in [-0.2, -0.15) is 0 Å². The van der Waals surface area contributed by atoms with Crippen LogP contribution in [0.4, 0.5) is 11.4 Å². The Morgan fingerprint density at radius 1 is 1.25 bits per heavy atom. The van der Waals surface area contributed by atoms with Crippen molar-refractivity contribution >= 4 is 29.1 Å². The molecule has 1 aromatic rings. The van der Waals surface area contributed by atoms with E-state index in [1.165, 1.54) is 6.92 Å². The molecule has 0 saturated carbocycles. The zero-order chi connectivity index (χ0) is 17.7. The first-order valence-electron chi connectivity index (χ1n) is 8.32. The Morgan fingerprint density at radius 2 is 1.92 bits per heavy atom. The molecule has 130 valence electrons. The van der Waals surface area contributed by atoms with E-state index in [0.717, 1.165) is 12.1 Å². The summed E-state index contributed by atoms with van der Waals surface area (Å²) in [6, 6.07) is 7.06. The van der Waals surface area contributed by atoms with E-state index in [9.17, 15) is 14.4 Å². The Kier molecular flexibility index (Phi) is 5.95. The Bertz CT molecular complexity index is 610. The van der Waals surface area contributed by atoms with Crippen molar-refractivity contribution in [3.05, 3.63) is 24.3 Å². The lowest BCUT2D eigenvalue weighted by Crippen LogP contribution is -2.33. The smallest absolute Gasteiger partial charge is 0.227 e. The van der Waals surface area contributed by atoms with Gasteiger partial charge in [0.25, 0.3) is 0 Å². The summed E-state index contributed by atoms with van der Waals surface area (Å²) in [4.78, 5) is 37.1. The Hall–Kier alpha value is -2.37. The van der Waals surface area contributed by atoms with Crippen molar-refractivity contribution in [2.45, 2.75) is 33.6 Å². The number of carbonyl (C=O) groups excluding carboxylic acids is 3. The Labute approximate surface area is 142 Å². The van der Waals surface area contributed by atoms with Crippen LogP contribution in [0.15, 0.2) is 24.3 Å². The first kappa shape index (κ1) is 18.0. The quantitative estimate of drug-likeness (QED) is 0.838. The van der Waals surface area contributed by atoms with Gasteiger partial charge in [0.2, 0.25) is 17.7 Å². The number of nitrogens with zero attached hydrogens (tertiary/aromatic N) is 1. The van der Waals surface area contributed by atoms with Gasteiger partial charge in [0.15, 0.2) is 0 Å². The van der Waals surface area contributed by atoms with Gasteiger partial charge >= 0.3 is 0 Å². The van der Waals surface area contributed by atoms with Crippen molar-refractivity contribution in [2.75, 3.05) is 23.3 Å². The molecule has 0 aliphatic carbocycles. The summed E-state index contributed by atoms with van der Waals surface area (Å²) in [6.07, 6.45) is 1.17. The maximum atomic E-state index is 12.2. The van der Waals surface area contributed by atoms with Crippen molar-refractivity contribution in [2.24, 2.45) is 11.8 Å². The number of hydrogen-bond acceptors (Lipinski definition) is 3. The van der Waals surface area contributed by atoms with Crippen LogP contribution in [0.5, 0.6) is 0 Å². The molecule has 1 aromatic carbocycles. The first-order valence-corrected chi connectivity index (χ1v) is 8.32. The number of rotatable bonds is 6. The standard InChI is InChI=1S/C18H25N3O3/c1-12(2)8-9-19-18(24)14-10-17(23)21(11-14)16-6-4-15(5-7-16)20-13(3)22/h4-7,12,14H,8-11H2,1-3H3,(H,19,24)(H,20,22)/t14-/m0/s1. The highest BCUT2D eigenvalue weighted by molar-refractivity contribution is 6.00. The number of benzene rings is 1. The maximum Gasteiger partial charge on any atom is 0.227 e. The number of nitrogens with one attached hydrogen (secondary N) is 2. The van der Waals surface area contributed by atoms with Crippen LogP contribution in [0.1, 0.15) is 33.6 Å². The monoisotopic (exact) mass is 331 g/mol. The van der Waals surface area contributed by atoms with E-state index >= 15 is 0 Å². The molecule has 1 aliphatic rings. The molecule has 6 heteroatoms. The van der Waals surface area contributed by atoms with E-state index in [4.69, 9.17) is 0 Å². The van der Waals surface area contributed by atoms with Crippen molar-refractivity contribution in [1.29, 1.82) is 0 Å². The summed E-state index contributed by atoms with van der Waals surface area (Å²) in [6.45, 7) is 6.70. The van der Waals surface area contributed by atoms with E-state index in [-0.39, 0.29) is 30.1 Å². The predicted octanol–water partition coefficient (Wildman–Crippen LogP) is 2.16. The van der Waals surface area contributed by atoms with Gasteiger partial charge in [-0.15, -0.1) is 0 Å². The minimum absolute atomic E-state index is 0.0497. The molecule has 3 amide bonds. The molecule has 0 spiro atoms. The molecule has 2 rings (SSSR count). The highest BCUT2D eigenvalue weighted by Crippen LogP contribution is 2.26. The second-order valence-corrected chi connectivity index (χ2v) is 6.61. The summed E-state index contributed by atoms with van der Waals surface area (Å²) >= 11 is 0. The fourth-order valence-electron chi connectivity index (χ4n) is 2.69. The van der Waals surface area contributed by atoms with Crippen LogP contribution in [0.2, 0.25) is 0 Å². The SMILES string of the molecule is CC(=O)Nc1ccc(N2C[C@@H](C(=O)NCCC(C)C)CC2=O)cc1. The number of amides is 3. The molecule has 2 N–H and O–H groups in total. The Morgan fingerprint density at radius 3 is 2.50 bits per heavy atom. The fraction of sp³-hybridized carbons (Fsp3) is 0.500. The van der Waals surface area contributed by atoms with Crippen LogP contribution in [0.3, 0.4) is 0 Å². The van der Waals surface area contributed by atoms with E-state index < -0.39 is 0 Å². The van der Waals surface area contributed by atoms with Gasteiger partial charge < -0.3 is 15.5 Å². The van der Waals surface area contributed by atoms with E-state index in [0.29, 0.717) is 24.7 Å². The van der Waals surface area contributed by atoms with Crippen molar-refractivity contribution in [3.8, 4) is 0 Å². The van der Waals surface area contributed by atoms with Crippen LogP contribution in [-0.4, -0.2) is 30.8 Å². The molecular weight excluding hydrogens is 306 g/mol. The first-order chi connectivity index (χ1) is 11.4.